The van der Waals surface area contributed by atoms with Gasteiger partial charge in [0.05, 0.1) is 0 Å². The second-order valence-electron chi connectivity index (χ2n) is 4.45. The molecule has 0 amide bonds. The van der Waals surface area contributed by atoms with Gasteiger partial charge in [0.15, 0.2) is 0 Å². The maximum atomic E-state index is 2.66. The Morgan fingerprint density at radius 1 is 1.15 bits per heavy atom. The summed E-state index contributed by atoms with van der Waals surface area (Å²) in [6.45, 7) is 8.70. The molecule has 0 N–H and O–H groups in total. The van der Waals surface area contributed by atoms with Crippen LogP contribution in [0.4, 0.5) is 0 Å². The lowest BCUT2D eigenvalue weighted by atomic mass is 10.0. The second kappa shape index (κ2) is 6.42. The lowest BCUT2D eigenvalue weighted by Crippen LogP contribution is -2.21. The van der Waals surface area contributed by atoms with E-state index in [2.05, 4.69) is 18.7 Å². The standard InChI is InChI=1S/C12H25N/c1-3-5-6-9-13-10-8-12(11-13)7-4-2/h12H,3-11H2,1-2H3. The van der Waals surface area contributed by atoms with Crippen molar-refractivity contribution < 1.29 is 0 Å². The summed E-state index contributed by atoms with van der Waals surface area (Å²) in [5.41, 5.74) is 0. The number of unbranched alkanes of at least 4 members (excludes halogenated alkanes) is 2. The fraction of sp³-hybridized carbons (Fsp3) is 1.00. The van der Waals surface area contributed by atoms with Crippen molar-refractivity contribution in [2.24, 2.45) is 5.92 Å². The summed E-state index contributed by atoms with van der Waals surface area (Å²) in [5.74, 6) is 1.02. The monoisotopic (exact) mass is 183 g/mol. The molecule has 1 unspecified atom stereocenters. The van der Waals surface area contributed by atoms with Crippen LogP contribution in [0.2, 0.25) is 0 Å². The normalized spacial score (nSPS) is 24.0. The van der Waals surface area contributed by atoms with Gasteiger partial charge in [-0.2, -0.15) is 0 Å². The average Bonchev–Trinajstić information content (AvgIpc) is 2.54. The molecule has 1 nitrogen and oxygen atoms in total. The van der Waals surface area contributed by atoms with Crippen molar-refractivity contribution in [1.29, 1.82) is 0 Å². The van der Waals surface area contributed by atoms with Crippen molar-refractivity contribution in [2.45, 2.75) is 52.4 Å². The molecule has 0 aromatic rings. The lowest BCUT2D eigenvalue weighted by Gasteiger charge is -2.15. The van der Waals surface area contributed by atoms with Crippen LogP contribution in [0, 0.1) is 5.92 Å². The summed E-state index contributed by atoms with van der Waals surface area (Å²) < 4.78 is 0. The van der Waals surface area contributed by atoms with Crippen molar-refractivity contribution in [3.8, 4) is 0 Å². The first-order chi connectivity index (χ1) is 6.36. The van der Waals surface area contributed by atoms with Gasteiger partial charge in [0, 0.05) is 6.54 Å². The molecule has 0 radical (unpaired) electrons. The van der Waals surface area contributed by atoms with Crippen LogP contribution in [0.25, 0.3) is 0 Å². The molecule has 1 aliphatic heterocycles. The molecule has 0 aliphatic carbocycles. The first-order valence-electron chi connectivity index (χ1n) is 6.09. The van der Waals surface area contributed by atoms with E-state index >= 15 is 0 Å². The van der Waals surface area contributed by atoms with Crippen molar-refractivity contribution >= 4 is 0 Å². The molecule has 13 heavy (non-hydrogen) atoms. The highest BCUT2D eigenvalue weighted by molar-refractivity contribution is 4.74. The van der Waals surface area contributed by atoms with Gasteiger partial charge in [0.2, 0.25) is 0 Å². The molecule has 1 heteroatoms. The molecule has 0 saturated carbocycles. The van der Waals surface area contributed by atoms with Gasteiger partial charge < -0.3 is 4.90 Å². The van der Waals surface area contributed by atoms with Crippen LogP contribution in [0.1, 0.15) is 52.4 Å². The first kappa shape index (κ1) is 11.0. The Morgan fingerprint density at radius 2 is 2.00 bits per heavy atom. The summed E-state index contributed by atoms with van der Waals surface area (Å²) in [6.07, 6.45) is 8.45. The van der Waals surface area contributed by atoms with E-state index in [1.165, 1.54) is 58.2 Å². The van der Waals surface area contributed by atoms with Crippen LogP contribution in [0.5, 0.6) is 0 Å². The maximum Gasteiger partial charge on any atom is 0.00101 e. The van der Waals surface area contributed by atoms with Crippen molar-refractivity contribution in [2.75, 3.05) is 19.6 Å². The minimum atomic E-state index is 1.02. The molecule has 1 heterocycles. The molecule has 0 spiro atoms. The molecule has 1 aliphatic rings. The number of likely N-dealkylation sites (tertiary alicyclic amines) is 1. The molecule has 1 saturated heterocycles. The maximum absolute atomic E-state index is 2.66. The van der Waals surface area contributed by atoms with Crippen molar-refractivity contribution in [3.63, 3.8) is 0 Å². The van der Waals surface area contributed by atoms with Crippen LogP contribution in [-0.2, 0) is 0 Å². The number of nitrogens with zero attached hydrogens (tertiary/aromatic N) is 1. The van der Waals surface area contributed by atoms with Crippen LogP contribution in [0.15, 0.2) is 0 Å². The smallest absolute Gasteiger partial charge is 0.00101 e. The Labute approximate surface area is 83.5 Å². The van der Waals surface area contributed by atoms with E-state index in [-0.39, 0.29) is 0 Å². The number of hydrogen-bond donors (Lipinski definition) is 0. The Hall–Kier alpha value is -0.0400. The van der Waals surface area contributed by atoms with Gasteiger partial charge >= 0.3 is 0 Å². The molecular formula is C12H25N. The Kier molecular flexibility index (Phi) is 5.45. The van der Waals surface area contributed by atoms with Gasteiger partial charge in [-0.1, -0.05) is 33.1 Å². The average molecular weight is 183 g/mol. The van der Waals surface area contributed by atoms with Gasteiger partial charge in [0.25, 0.3) is 0 Å². The molecule has 1 atom stereocenters. The summed E-state index contributed by atoms with van der Waals surface area (Å²) >= 11 is 0. The zero-order chi connectivity index (χ0) is 9.52. The fourth-order valence-electron chi connectivity index (χ4n) is 2.35. The van der Waals surface area contributed by atoms with E-state index in [1.807, 2.05) is 0 Å². The topological polar surface area (TPSA) is 3.24 Å². The first-order valence-corrected chi connectivity index (χ1v) is 6.09. The summed E-state index contributed by atoms with van der Waals surface area (Å²) in [6, 6.07) is 0. The Bertz CT molecular complexity index is 122. The fourth-order valence-corrected chi connectivity index (χ4v) is 2.35. The van der Waals surface area contributed by atoms with E-state index < -0.39 is 0 Å². The van der Waals surface area contributed by atoms with Gasteiger partial charge in [-0.3, -0.25) is 0 Å². The highest BCUT2D eigenvalue weighted by atomic mass is 15.1. The molecule has 0 bridgehead atoms. The molecular weight excluding hydrogens is 158 g/mol. The van der Waals surface area contributed by atoms with Crippen LogP contribution >= 0.6 is 0 Å². The Morgan fingerprint density at radius 3 is 2.69 bits per heavy atom. The van der Waals surface area contributed by atoms with E-state index in [0.717, 1.165) is 5.92 Å². The molecule has 0 aromatic heterocycles. The van der Waals surface area contributed by atoms with Crippen molar-refractivity contribution in [3.05, 3.63) is 0 Å². The second-order valence-corrected chi connectivity index (χ2v) is 4.45. The third-order valence-electron chi connectivity index (χ3n) is 3.14. The number of rotatable bonds is 6. The lowest BCUT2D eigenvalue weighted by molar-refractivity contribution is 0.312. The highest BCUT2D eigenvalue weighted by Crippen LogP contribution is 2.20. The number of hydrogen-bond acceptors (Lipinski definition) is 1. The predicted molar refractivity (Wildman–Crippen MR) is 59.0 cm³/mol. The summed E-state index contributed by atoms with van der Waals surface area (Å²) in [4.78, 5) is 2.66. The molecule has 1 fully saturated rings. The van der Waals surface area contributed by atoms with E-state index in [1.54, 1.807) is 0 Å². The third kappa shape index (κ3) is 4.12. The zero-order valence-corrected chi connectivity index (χ0v) is 9.39. The van der Waals surface area contributed by atoms with E-state index in [9.17, 15) is 0 Å². The largest absolute Gasteiger partial charge is 0.303 e. The Balaban J connectivity index is 2.03. The minimum Gasteiger partial charge on any atom is -0.303 e. The predicted octanol–water partition coefficient (Wildman–Crippen LogP) is 3.30. The van der Waals surface area contributed by atoms with Crippen molar-refractivity contribution in [1.82, 2.24) is 4.90 Å². The van der Waals surface area contributed by atoms with Gasteiger partial charge in [-0.05, 0) is 38.3 Å². The third-order valence-corrected chi connectivity index (χ3v) is 3.14. The zero-order valence-electron chi connectivity index (χ0n) is 9.39. The molecule has 0 aromatic carbocycles. The van der Waals surface area contributed by atoms with Crippen LogP contribution in [-0.4, -0.2) is 24.5 Å². The van der Waals surface area contributed by atoms with Crippen LogP contribution < -0.4 is 0 Å². The highest BCUT2D eigenvalue weighted by Gasteiger charge is 2.20. The van der Waals surface area contributed by atoms with Crippen LogP contribution in [0.3, 0.4) is 0 Å². The molecule has 1 rings (SSSR count). The minimum absolute atomic E-state index is 1.02. The summed E-state index contributed by atoms with van der Waals surface area (Å²) in [7, 11) is 0. The SMILES string of the molecule is CCCCCN1CCC(CCC)C1. The summed E-state index contributed by atoms with van der Waals surface area (Å²) in [5, 5.41) is 0. The van der Waals surface area contributed by atoms with E-state index in [4.69, 9.17) is 0 Å². The molecule has 78 valence electrons. The van der Waals surface area contributed by atoms with Gasteiger partial charge in [-0.15, -0.1) is 0 Å². The van der Waals surface area contributed by atoms with Gasteiger partial charge in [0.1, 0.15) is 0 Å². The van der Waals surface area contributed by atoms with E-state index in [0.29, 0.717) is 0 Å². The quantitative estimate of drug-likeness (QED) is 0.571. The van der Waals surface area contributed by atoms with Gasteiger partial charge in [-0.25, -0.2) is 0 Å².